The molecule has 0 saturated heterocycles. The number of benzene rings is 2. The van der Waals surface area contributed by atoms with Gasteiger partial charge in [-0.25, -0.2) is 0 Å². The number of non-ortho nitro benzene ring substituents is 2. The molecule has 6 nitrogen and oxygen atoms in total. The first-order valence-electron chi connectivity index (χ1n) is 7.78. The third kappa shape index (κ3) is 4.57. The van der Waals surface area contributed by atoms with Gasteiger partial charge < -0.3 is 0 Å². The van der Waals surface area contributed by atoms with E-state index in [1.807, 2.05) is 0 Å². The van der Waals surface area contributed by atoms with Gasteiger partial charge in [-0.3, -0.25) is 20.2 Å². The molecule has 0 atom stereocenters. The largest absolute Gasteiger partial charge is 0.416 e. The van der Waals surface area contributed by atoms with E-state index in [1.54, 1.807) is 0 Å². The summed E-state index contributed by atoms with van der Waals surface area (Å²) in [5.41, 5.74) is -12.0. The molecule has 0 saturated carbocycles. The van der Waals surface area contributed by atoms with Crippen molar-refractivity contribution >= 4 is 11.4 Å². The van der Waals surface area contributed by atoms with Crippen LogP contribution < -0.4 is 0 Å². The Morgan fingerprint density at radius 1 is 0.500 bits per heavy atom. The maximum absolute atomic E-state index is 14.6. The zero-order valence-corrected chi connectivity index (χ0v) is 14.8. The van der Waals surface area contributed by atoms with Crippen molar-refractivity contribution in [3.8, 4) is 0 Å². The number of nitro benzene ring substituents is 2. The van der Waals surface area contributed by atoms with Crippen molar-refractivity contribution in [1.29, 1.82) is 0 Å². The average Bonchev–Trinajstić information content (AvgIpc) is 2.65. The van der Waals surface area contributed by atoms with Gasteiger partial charge in [0.1, 0.15) is 0 Å². The molecule has 0 heterocycles. The van der Waals surface area contributed by atoms with E-state index < -0.39 is 79.8 Å². The summed E-state index contributed by atoms with van der Waals surface area (Å²) in [6, 6.07) is -2.14. The van der Waals surface area contributed by atoms with Crippen molar-refractivity contribution < 1.29 is 53.8 Å². The standard InChI is InChI=1S/C16H6F10N2O4/c17-13(18,7-1-9(15(21,22)23)5-11(3-7)27(29)30)14(19,20)8-2-10(16(24,25)26)6-12(4-8)28(31)32/h1-6H. The summed E-state index contributed by atoms with van der Waals surface area (Å²) >= 11 is 0. The Labute approximate surface area is 169 Å². The Morgan fingerprint density at radius 2 is 0.750 bits per heavy atom. The number of nitro groups is 2. The number of alkyl halides is 10. The van der Waals surface area contributed by atoms with Gasteiger partial charge in [0.25, 0.3) is 11.4 Å². The van der Waals surface area contributed by atoms with E-state index in [4.69, 9.17) is 0 Å². The average molecular weight is 480 g/mol. The number of hydrogen-bond acceptors (Lipinski definition) is 4. The van der Waals surface area contributed by atoms with Crippen LogP contribution in [-0.2, 0) is 24.2 Å². The van der Waals surface area contributed by atoms with Crippen LogP contribution in [0.5, 0.6) is 0 Å². The first kappa shape index (κ1) is 24.8. The zero-order valence-electron chi connectivity index (χ0n) is 14.8. The second-order valence-electron chi connectivity index (χ2n) is 6.20. The molecule has 0 fully saturated rings. The van der Waals surface area contributed by atoms with Crippen LogP contribution in [0.1, 0.15) is 22.3 Å². The lowest BCUT2D eigenvalue weighted by atomic mass is 9.93. The number of hydrogen-bond donors (Lipinski definition) is 0. The predicted molar refractivity (Wildman–Crippen MR) is 84.0 cm³/mol. The Kier molecular flexibility index (Phi) is 5.89. The van der Waals surface area contributed by atoms with Crippen LogP contribution in [0.15, 0.2) is 36.4 Å². The van der Waals surface area contributed by atoms with Crippen LogP contribution in [0, 0.1) is 20.2 Å². The summed E-state index contributed by atoms with van der Waals surface area (Å²) in [7, 11) is 0. The highest BCUT2D eigenvalue weighted by Gasteiger charge is 2.60. The monoisotopic (exact) mass is 480 g/mol. The molecule has 0 bridgehead atoms. The van der Waals surface area contributed by atoms with Crippen molar-refractivity contribution in [3.63, 3.8) is 0 Å². The van der Waals surface area contributed by atoms with Crippen molar-refractivity contribution in [2.45, 2.75) is 24.2 Å². The molecule has 2 aromatic rings. The molecule has 32 heavy (non-hydrogen) atoms. The van der Waals surface area contributed by atoms with Gasteiger partial charge in [-0.15, -0.1) is 0 Å². The van der Waals surface area contributed by atoms with Gasteiger partial charge in [0.2, 0.25) is 0 Å². The van der Waals surface area contributed by atoms with E-state index >= 15 is 0 Å². The van der Waals surface area contributed by atoms with Gasteiger partial charge in [0.15, 0.2) is 0 Å². The lowest BCUT2D eigenvalue weighted by molar-refractivity contribution is -0.385. The van der Waals surface area contributed by atoms with E-state index in [2.05, 4.69) is 0 Å². The van der Waals surface area contributed by atoms with Gasteiger partial charge in [-0.2, -0.15) is 43.9 Å². The summed E-state index contributed by atoms with van der Waals surface area (Å²) in [6.07, 6.45) is -11.0. The van der Waals surface area contributed by atoms with E-state index in [9.17, 15) is 64.1 Å². The second kappa shape index (κ2) is 7.59. The highest BCUT2D eigenvalue weighted by Crippen LogP contribution is 2.52. The minimum Gasteiger partial charge on any atom is -0.258 e. The van der Waals surface area contributed by atoms with Gasteiger partial charge in [-0.05, 0) is 12.1 Å². The van der Waals surface area contributed by atoms with E-state index in [-0.39, 0.29) is 24.3 Å². The minimum absolute atomic E-state index is 0.215. The molecule has 0 amide bonds. The van der Waals surface area contributed by atoms with Crippen molar-refractivity contribution in [2.75, 3.05) is 0 Å². The van der Waals surface area contributed by atoms with Gasteiger partial charge >= 0.3 is 24.2 Å². The molecule has 2 aromatic carbocycles. The Bertz CT molecular complexity index is 994. The van der Waals surface area contributed by atoms with Crippen LogP contribution in [0.3, 0.4) is 0 Å². The molecule has 0 aliphatic carbocycles. The quantitative estimate of drug-likeness (QED) is 0.281. The summed E-state index contributed by atoms with van der Waals surface area (Å²) in [5, 5.41) is 21.5. The molecule has 0 aromatic heterocycles. The maximum Gasteiger partial charge on any atom is 0.416 e. The molecule has 16 heteroatoms. The smallest absolute Gasteiger partial charge is 0.258 e. The second-order valence-corrected chi connectivity index (χ2v) is 6.20. The summed E-state index contributed by atoms with van der Waals surface area (Å²) in [4.78, 5) is 18.4. The summed E-state index contributed by atoms with van der Waals surface area (Å²) < 4.78 is 136. The molecule has 0 unspecified atom stereocenters. The van der Waals surface area contributed by atoms with Crippen LogP contribution in [0.4, 0.5) is 55.3 Å². The lowest BCUT2D eigenvalue weighted by Crippen LogP contribution is -2.36. The van der Waals surface area contributed by atoms with E-state index in [0.29, 0.717) is 0 Å². The Hall–Kier alpha value is -3.46. The third-order valence-electron chi connectivity index (χ3n) is 4.03. The molecule has 174 valence electrons. The van der Waals surface area contributed by atoms with E-state index in [0.717, 1.165) is 0 Å². The summed E-state index contributed by atoms with van der Waals surface area (Å²) in [6.45, 7) is 0. The highest BCUT2D eigenvalue weighted by molar-refractivity contribution is 5.46. The van der Waals surface area contributed by atoms with Crippen LogP contribution in [0.25, 0.3) is 0 Å². The molecule has 0 radical (unpaired) electrons. The van der Waals surface area contributed by atoms with Crippen LogP contribution >= 0.6 is 0 Å². The molecule has 0 aliphatic rings. The number of rotatable bonds is 5. The summed E-state index contributed by atoms with van der Waals surface area (Å²) in [5.74, 6) is -11.5. The Balaban J connectivity index is 2.79. The van der Waals surface area contributed by atoms with Crippen LogP contribution in [-0.4, -0.2) is 9.85 Å². The third-order valence-corrected chi connectivity index (χ3v) is 4.03. The number of nitrogens with zero attached hydrogens (tertiary/aromatic N) is 2. The maximum atomic E-state index is 14.6. The highest BCUT2D eigenvalue weighted by atomic mass is 19.4. The first-order valence-corrected chi connectivity index (χ1v) is 7.78. The molecule has 0 spiro atoms. The topological polar surface area (TPSA) is 86.3 Å². The normalized spacial score (nSPS) is 13.2. The van der Waals surface area contributed by atoms with Crippen molar-refractivity contribution in [3.05, 3.63) is 78.9 Å². The fourth-order valence-electron chi connectivity index (χ4n) is 2.49. The molecule has 0 aliphatic heterocycles. The Morgan fingerprint density at radius 3 is 0.969 bits per heavy atom. The SMILES string of the molecule is O=[N+]([O-])c1cc(C(F)(F)F)cc(C(F)(F)C(F)(F)c2cc([N+](=O)[O-])cc(C(F)(F)F)c2)c1. The van der Waals surface area contributed by atoms with Crippen molar-refractivity contribution in [2.24, 2.45) is 0 Å². The zero-order chi connectivity index (χ0) is 24.9. The minimum atomic E-state index is -5.75. The lowest BCUT2D eigenvalue weighted by Gasteiger charge is -2.28. The van der Waals surface area contributed by atoms with E-state index in [1.165, 1.54) is 0 Å². The van der Waals surface area contributed by atoms with Gasteiger partial charge in [0.05, 0.1) is 21.0 Å². The molecule has 0 N–H and O–H groups in total. The predicted octanol–water partition coefficient (Wildman–Crippen LogP) is 6.42. The van der Waals surface area contributed by atoms with Gasteiger partial charge in [0, 0.05) is 35.4 Å². The van der Waals surface area contributed by atoms with Gasteiger partial charge in [-0.1, -0.05) is 0 Å². The number of halogens is 10. The molecule has 2 rings (SSSR count). The van der Waals surface area contributed by atoms with Crippen LogP contribution in [0.2, 0.25) is 0 Å². The molecular weight excluding hydrogens is 474 g/mol. The first-order chi connectivity index (χ1) is 14.3. The molecular formula is C16H6F10N2O4. The fraction of sp³-hybridized carbons (Fsp3) is 0.250. The fourth-order valence-corrected chi connectivity index (χ4v) is 2.49. The van der Waals surface area contributed by atoms with Crippen molar-refractivity contribution in [1.82, 2.24) is 0 Å².